The van der Waals surface area contributed by atoms with Gasteiger partial charge in [0, 0.05) is 28.1 Å². The monoisotopic (exact) mass is 405 g/mol. The summed E-state index contributed by atoms with van der Waals surface area (Å²) < 4.78 is 8.34. The Balaban J connectivity index is 1.92. The fraction of sp³-hybridized carbons (Fsp3) is 0.333. The number of amides is 2. The van der Waals surface area contributed by atoms with E-state index in [-0.39, 0.29) is 12.5 Å². The zero-order valence-corrected chi connectivity index (χ0v) is 15.7. The third kappa shape index (κ3) is 3.48. The number of nitrogens with zero attached hydrogens (tertiary/aromatic N) is 2. The third-order valence-corrected chi connectivity index (χ3v) is 4.89. The van der Waals surface area contributed by atoms with E-state index in [0.29, 0.717) is 18.7 Å². The summed E-state index contributed by atoms with van der Waals surface area (Å²) in [5.74, 6) is -0.652. The molecule has 2 amide bonds. The van der Waals surface area contributed by atoms with E-state index >= 15 is 0 Å². The highest BCUT2D eigenvalue weighted by Gasteiger charge is 2.30. The first-order valence-electron chi connectivity index (χ1n) is 8.03. The van der Waals surface area contributed by atoms with Crippen molar-refractivity contribution in [1.29, 1.82) is 0 Å². The van der Waals surface area contributed by atoms with E-state index < -0.39 is 12.0 Å². The van der Waals surface area contributed by atoms with E-state index in [1.54, 1.807) is 4.90 Å². The molecule has 0 saturated carbocycles. The molecule has 25 heavy (non-hydrogen) atoms. The Morgan fingerprint density at radius 2 is 2.04 bits per heavy atom. The molecule has 1 fully saturated rings. The summed E-state index contributed by atoms with van der Waals surface area (Å²) >= 11 is 3.48. The number of carbonyl (C=O) groups is 2. The molecule has 1 unspecified atom stereocenters. The average molecular weight is 406 g/mol. The number of aromatic nitrogens is 1. The SMILES string of the molecule is Cc1cc(C(=O)N2CCOC(C(N)=O)C2)c(C)n1-c1cccc(Br)c1. The molecule has 2 heterocycles. The molecule has 1 aliphatic heterocycles. The van der Waals surface area contributed by atoms with Crippen LogP contribution in [0, 0.1) is 13.8 Å². The van der Waals surface area contributed by atoms with E-state index in [1.807, 2.05) is 48.7 Å². The van der Waals surface area contributed by atoms with Crippen LogP contribution in [0.1, 0.15) is 21.7 Å². The van der Waals surface area contributed by atoms with Crippen molar-refractivity contribution in [2.75, 3.05) is 19.7 Å². The predicted molar refractivity (Wildman–Crippen MR) is 97.8 cm³/mol. The molecule has 6 nitrogen and oxygen atoms in total. The second kappa shape index (κ2) is 7.01. The number of carbonyl (C=O) groups excluding carboxylic acids is 2. The molecule has 0 radical (unpaired) electrons. The molecule has 1 aliphatic rings. The number of aryl methyl sites for hydroxylation is 1. The first-order valence-corrected chi connectivity index (χ1v) is 8.83. The van der Waals surface area contributed by atoms with Gasteiger partial charge in [-0.05, 0) is 38.1 Å². The van der Waals surface area contributed by atoms with Gasteiger partial charge in [-0.15, -0.1) is 0 Å². The number of halogens is 1. The highest BCUT2D eigenvalue weighted by atomic mass is 79.9. The maximum absolute atomic E-state index is 12.9. The Morgan fingerprint density at radius 1 is 1.28 bits per heavy atom. The van der Waals surface area contributed by atoms with Crippen LogP contribution >= 0.6 is 15.9 Å². The van der Waals surface area contributed by atoms with Crippen LogP contribution in [0.3, 0.4) is 0 Å². The minimum atomic E-state index is -0.744. The highest BCUT2D eigenvalue weighted by Crippen LogP contribution is 2.24. The van der Waals surface area contributed by atoms with E-state index in [2.05, 4.69) is 15.9 Å². The van der Waals surface area contributed by atoms with Crippen molar-refractivity contribution in [3.05, 3.63) is 51.8 Å². The molecule has 132 valence electrons. The fourth-order valence-electron chi connectivity index (χ4n) is 3.17. The summed E-state index contributed by atoms with van der Waals surface area (Å²) in [5.41, 5.74) is 8.75. The molecule has 1 aromatic carbocycles. The minimum Gasteiger partial charge on any atom is -0.367 e. The summed E-state index contributed by atoms with van der Waals surface area (Å²) in [6.07, 6.45) is -0.744. The molecule has 1 atom stereocenters. The Morgan fingerprint density at radius 3 is 2.72 bits per heavy atom. The van der Waals surface area contributed by atoms with Crippen LogP contribution in [0.2, 0.25) is 0 Å². The molecule has 0 spiro atoms. The van der Waals surface area contributed by atoms with Crippen molar-refractivity contribution in [1.82, 2.24) is 9.47 Å². The zero-order valence-electron chi connectivity index (χ0n) is 14.2. The van der Waals surface area contributed by atoms with Crippen molar-refractivity contribution in [2.24, 2.45) is 5.73 Å². The van der Waals surface area contributed by atoms with Crippen LogP contribution in [-0.2, 0) is 9.53 Å². The maximum Gasteiger partial charge on any atom is 0.255 e. The highest BCUT2D eigenvalue weighted by molar-refractivity contribution is 9.10. The topological polar surface area (TPSA) is 77.6 Å². The van der Waals surface area contributed by atoms with Crippen molar-refractivity contribution in [3.8, 4) is 5.69 Å². The van der Waals surface area contributed by atoms with Crippen LogP contribution in [0.5, 0.6) is 0 Å². The molecule has 3 rings (SSSR count). The molecule has 0 aliphatic carbocycles. The Labute approximate surface area is 154 Å². The van der Waals surface area contributed by atoms with Gasteiger partial charge in [0.1, 0.15) is 0 Å². The van der Waals surface area contributed by atoms with Crippen molar-refractivity contribution in [3.63, 3.8) is 0 Å². The first-order chi connectivity index (χ1) is 11.9. The number of benzene rings is 1. The van der Waals surface area contributed by atoms with Crippen LogP contribution in [-0.4, -0.2) is 47.1 Å². The van der Waals surface area contributed by atoms with Crippen molar-refractivity contribution >= 4 is 27.7 Å². The first kappa shape index (κ1) is 17.7. The molecule has 2 aromatic rings. The van der Waals surface area contributed by atoms with E-state index in [0.717, 1.165) is 21.5 Å². The van der Waals surface area contributed by atoms with Crippen LogP contribution in [0.4, 0.5) is 0 Å². The van der Waals surface area contributed by atoms with Gasteiger partial charge in [0.05, 0.1) is 18.7 Å². The van der Waals surface area contributed by atoms with Gasteiger partial charge in [0.15, 0.2) is 6.10 Å². The summed E-state index contributed by atoms with van der Waals surface area (Å²) in [5, 5.41) is 0. The molecular formula is C18H20BrN3O3. The van der Waals surface area contributed by atoms with Gasteiger partial charge < -0.3 is 19.9 Å². The van der Waals surface area contributed by atoms with E-state index in [4.69, 9.17) is 10.5 Å². The molecule has 2 N–H and O–H groups in total. The molecule has 1 aromatic heterocycles. The maximum atomic E-state index is 12.9. The number of hydrogen-bond donors (Lipinski definition) is 1. The lowest BCUT2D eigenvalue weighted by Gasteiger charge is -2.31. The van der Waals surface area contributed by atoms with Gasteiger partial charge in [-0.1, -0.05) is 22.0 Å². The van der Waals surface area contributed by atoms with E-state index in [1.165, 1.54) is 0 Å². The number of rotatable bonds is 3. The van der Waals surface area contributed by atoms with Crippen molar-refractivity contribution in [2.45, 2.75) is 20.0 Å². The largest absolute Gasteiger partial charge is 0.367 e. The minimum absolute atomic E-state index is 0.108. The Hall–Kier alpha value is -2.12. The molecular weight excluding hydrogens is 386 g/mol. The summed E-state index contributed by atoms with van der Waals surface area (Å²) in [6.45, 7) is 4.84. The van der Waals surface area contributed by atoms with Gasteiger partial charge >= 0.3 is 0 Å². The molecule has 1 saturated heterocycles. The second-order valence-electron chi connectivity index (χ2n) is 6.11. The second-order valence-corrected chi connectivity index (χ2v) is 7.03. The number of hydrogen-bond acceptors (Lipinski definition) is 3. The van der Waals surface area contributed by atoms with Crippen LogP contribution < -0.4 is 5.73 Å². The van der Waals surface area contributed by atoms with Crippen molar-refractivity contribution < 1.29 is 14.3 Å². The van der Waals surface area contributed by atoms with Gasteiger partial charge in [0.2, 0.25) is 5.91 Å². The lowest BCUT2D eigenvalue weighted by Crippen LogP contribution is -2.50. The van der Waals surface area contributed by atoms with Gasteiger partial charge in [-0.2, -0.15) is 0 Å². The van der Waals surface area contributed by atoms with E-state index in [9.17, 15) is 9.59 Å². The number of primary amides is 1. The molecule has 7 heteroatoms. The number of nitrogens with two attached hydrogens (primary N) is 1. The Bertz CT molecular complexity index is 831. The smallest absolute Gasteiger partial charge is 0.255 e. The summed E-state index contributed by atoms with van der Waals surface area (Å²) in [4.78, 5) is 25.9. The van der Waals surface area contributed by atoms with Gasteiger partial charge in [-0.3, -0.25) is 9.59 Å². The zero-order chi connectivity index (χ0) is 18.1. The number of morpholine rings is 1. The van der Waals surface area contributed by atoms with Crippen LogP contribution in [0.25, 0.3) is 5.69 Å². The molecule has 0 bridgehead atoms. The summed E-state index contributed by atoms with van der Waals surface area (Å²) in [6, 6.07) is 9.80. The fourth-order valence-corrected chi connectivity index (χ4v) is 3.56. The van der Waals surface area contributed by atoms with Crippen LogP contribution in [0.15, 0.2) is 34.8 Å². The van der Waals surface area contributed by atoms with Gasteiger partial charge in [-0.25, -0.2) is 0 Å². The average Bonchev–Trinajstić information content (AvgIpc) is 2.88. The quantitative estimate of drug-likeness (QED) is 0.849. The van der Waals surface area contributed by atoms with Gasteiger partial charge in [0.25, 0.3) is 5.91 Å². The Kier molecular flexibility index (Phi) is 4.96. The predicted octanol–water partition coefficient (Wildman–Crippen LogP) is 2.18. The lowest BCUT2D eigenvalue weighted by atomic mass is 10.2. The lowest BCUT2D eigenvalue weighted by molar-refractivity contribution is -0.133. The normalized spacial score (nSPS) is 17.6. The standard InChI is InChI=1S/C18H20BrN3O3/c1-11-8-15(12(2)22(11)14-5-3-4-13(19)9-14)18(24)21-6-7-25-16(10-21)17(20)23/h3-5,8-9,16H,6-7,10H2,1-2H3,(H2,20,23). The third-order valence-electron chi connectivity index (χ3n) is 4.40. The summed E-state index contributed by atoms with van der Waals surface area (Å²) in [7, 11) is 0. The number of ether oxygens (including phenoxy) is 1.